The van der Waals surface area contributed by atoms with Crippen LogP contribution in [-0.4, -0.2) is 4.98 Å². The molecule has 1 aromatic heterocycles. The maximum absolute atomic E-state index is 4.72. The van der Waals surface area contributed by atoms with Gasteiger partial charge in [-0.3, -0.25) is 4.98 Å². The van der Waals surface area contributed by atoms with Crippen LogP contribution in [0, 0.1) is 0 Å². The first kappa shape index (κ1) is 10.7. The van der Waals surface area contributed by atoms with Crippen LogP contribution in [0.1, 0.15) is 25.0 Å². The van der Waals surface area contributed by atoms with Crippen LogP contribution >= 0.6 is 0 Å². The van der Waals surface area contributed by atoms with Crippen LogP contribution < -0.4 is 0 Å². The van der Waals surface area contributed by atoms with Gasteiger partial charge in [0.05, 0.1) is 5.69 Å². The monoisotopic (exact) mass is 245 g/mol. The number of nitrogens with zero attached hydrogens (tertiary/aromatic N) is 1. The fraction of sp³-hybridized carbons (Fsp3) is 0.167. The van der Waals surface area contributed by atoms with Crippen LogP contribution in [0.3, 0.4) is 0 Å². The largest absolute Gasteiger partial charge is 0.255 e. The van der Waals surface area contributed by atoms with Crippen molar-refractivity contribution >= 4 is 10.8 Å². The third-order valence-corrected chi connectivity index (χ3v) is 4.28. The average molecular weight is 245 g/mol. The number of rotatable bonds is 0. The number of fused-ring (bicyclic) bond motifs is 5. The molecule has 0 amide bonds. The van der Waals surface area contributed by atoms with Crippen molar-refractivity contribution in [2.24, 2.45) is 0 Å². The summed E-state index contributed by atoms with van der Waals surface area (Å²) in [6.45, 7) is 4.59. The summed E-state index contributed by atoms with van der Waals surface area (Å²) in [5.41, 5.74) is 5.22. The van der Waals surface area contributed by atoms with Crippen molar-refractivity contribution in [3.05, 3.63) is 65.9 Å². The van der Waals surface area contributed by atoms with E-state index in [-0.39, 0.29) is 5.41 Å². The maximum Gasteiger partial charge on any atom is 0.0752 e. The first-order valence-corrected chi connectivity index (χ1v) is 6.68. The van der Waals surface area contributed by atoms with Crippen molar-refractivity contribution in [2.45, 2.75) is 19.3 Å². The number of hydrogen-bond donors (Lipinski definition) is 0. The molecule has 1 aliphatic rings. The first-order chi connectivity index (χ1) is 9.19. The normalized spacial score (nSPS) is 15.3. The van der Waals surface area contributed by atoms with Gasteiger partial charge in [0.15, 0.2) is 0 Å². The van der Waals surface area contributed by atoms with Crippen molar-refractivity contribution in [2.75, 3.05) is 0 Å². The number of pyridine rings is 1. The Kier molecular flexibility index (Phi) is 1.95. The minimum absolute atomic E-state index is 0.0276. The number of benzene rings is 2. The highest BCUT2D eigenvalue weighted by molar-refractivity contribution is 5.95. The molecular weight excluding hydrogens is 230 g/mol. The van der Waals surface area contributed by atoms with Crippen molar-refractivity contribution in [3.63, 3.8) is 0 Å². The van der Waals surface area contributed by atoms with Gasteiger partial charge in [-0.25, -0.2) is 0 Å². The maximum atomic E-state index is 4.72. The zero-order valence-electron chi connectivity index (χ0n) is 11.1. The summed E-state index contributed by atoms with van der Waals surface area (Å²) in [4.78, 5) is 4.72. The molecule has 2 aromatic carbocycles. The lowest BCUT2D eigenvalue weighted by molar-refractivity contribution is 0.665. The van der Waals surface area contributed by atoms with Crippen LogP contribution in [0.4, 0.5) is 0 Å². The molecule has 3 aromatic rings. The van der Waals surface area contributed by atoms with Crippen molar-refractivity contribution in [1.29, 1.82) is 0 Å². The highest BCUT2D eigenvalue weighted by Crippen LogP contribution is 2.49. The van der Waals surface area contributed by atoms with Crippen molar-refractivity contribution < 1.29 is 0 Å². The molecular formula is C18H15N. The van der Waals surface area contributed by atoms with E-state index in [0.717, 1.165) is 5.69 Å². The van der Waals surface area contributed by atoms with Crippen LogP contribution in [0.5, 0.6) is 0 Å². The molecule has 4 rings (SSSR count). The van der Waals surface area contributed by atoms with E-state index in [4.69, 9.17) is 4.98 Å². The topological polar surface area (TPSA) is 12.9 Å². The standard InChI is InChI=1S/C18H15N/c1-18(2)15-10-6-5-9-14(15)17-16(18)13-8-4-3-7-12(13)11-19-17/h3-11H,1-2H3. The second-order valence-corrected chi connectivity index (χ2v) is 5.74. The van der Waals surface area contributed by atoms with E-state index >= 15 is 0 Å². The van der Waals surface area contributed by atoms with Crippen LogP contribution in [0.2, 0.25) is 0 Å². The van der Waals surface area contributed by atoms with Crippen molar-refractivity contribution in [3.8, 4) is 11.3 Å². The summed E-state index contributed by atoms with van der Waals surface area (Å²) in [6.07, 6.45) is 1.99. The molecule has 0 atom stereocenters. The van der Waals surface area contributed by atoms with E-state index in [9.17, 15) is 0 Å². The van der Waals surface area contributed by atoms with Gasteiger partial charge in [0, 0.05) is 22.6 Å². The van der Waals surface area contributed by atoms with Crippen molar-refractivity contribution in [1.82, 2.24) is 4.98 Å². The van der Waals surface area contributed by atoms with Gasteiger partial charge in [-0.2, -0.15) is 0 Å². The predicted octanol–water partition coefficient (Wildman–Crippen LogP) is 4.54. The summed E-state index contributed by atoms with van der Waals surface area (Å²) in [6, 6.07) is 17.2. The Hall–Kier alpha value is -2.15. The average Bonchev–Trinajstić information content (AvgIpc) is 2.68. The Morgan fingerprint density at radius 3 is 2.53 bits per heavy atom. The van der Waals surface area contributed by atoms with E-state index in [1.807, 2.05) is 6.20 Å². The molecule has 0 N–H and O–H groups in total. The molecule has 0 radical (unpaired) electrons. The third-order valence-electron chi connectivity index (χ3n) is 4.28. The summed E-state index contributed by atoms with van der Waals surface area (Å²) in [5.74, 6) is 0. The molecule has 92 valence electrons. The zero-order valence-corrected chi connectivity index (χ0v) is 11.1. The van der Waals surface area contributed by atoms with Gasteiger partial charge in [0.1, 0.15) is 0 Å². The Morgan fingerprint density at radius 1 is 0.895 bits per heavy atom. The molecule has 0 bridgehead atoms. The molecule has 0 unspecified atom stereocenters. The molecule has 1 nitrogen and oxygen atoms in total. The molecule has 1 heteroatoms. The zero-order chi connectivity index (χ0) is 13.0. The second kappa shape index (κ2) is 3.45. The van der Waals surface area contributed by atoms with Gasteiger partial charge < -0.3 is 0 Å². The molecule has 0 fully saturated rings. The van der Waals surface area contributed by atoms with E-state index < -0.39 is 0 Å². The Balaban J connectivity index is 2.20. The first-order valence-electron chi connectivity index (χ1n) is 6.68. The fourth-order valence-corrected chi connectivity index (χ4v) is 3.37. The molecule has 0 aliphatic heterocycles. The van der Waals surface area contributed by atoms with E-state index in [1.165, 1.54) is 27.5 Å². The minimum atomic E-state index is 0.0276. The Bertz CT molecular complexity index is 800. The van der Waals surface area contributed by atoms with Gasteiger partial charge in [-0.05, 0) is 16.5 Å². The lowest BCUT2D eigenvalue weighted by atomic mass is 9.81. The fourth-order valence-electron chi connectivity index (χ4n) is 3.37. The molecule has 0 spiro atoms. The summed E-state index contributed by atoms with van der Waals surface area (Å²) >= 11 is 0. The highest BCUT2D eigenvalue weighted by atomic mass is 14.7. The molecule has 1 aliphatic carbocycles. The third kappa shape index (κ3) is 1.27. The SMILES string of the molecule is CC1(C)c2ccccc2-c2ncc3ccccc3c21. The lowest BCUT2D eigenvalue weighted by Crippen LogP contribution is -2.15. The van der Waals surface area contributed by atoms with E-state index in [0.29, 0.717) is 0 Å². The number of hydrogen-bond acceptors (Lipinski definition) is 1. The van der Waals surface area contributed by atoms with Crippen LogP contribution in [0.25, 0.3) is 22.0 Å². The van der Waals surface area contributed by atoms with Gasteiger partial charge in [-0.15, -0.1) is 0 Å². The quantitative estimate of drug-likeness (QED) is 0.566. The molecule has 0 saturated heterocycles. The van der Waals surface area contributed by atoms with Gasteiger partial charge >= 0.3 is 0 Å². The predicted molar refractivity (Wildman–Crippen MR) is 79.3 cm³/mol. The summed E-state index contributed by atoms with van der Waals surface area (Å²) in [5, 5.41) is 2.55. The smallest absolute Gasteiger partial charge is 0.0752 e. The molecule has 1 heterocycles. The molecule has 19 heavy (non-hydrogen) atoms. The Morgan fingerprint density at radius 2 is 1.63 bits per heavy atom. The highest BCUT2D eigenvalue weighted by Gasteiger charge is 2.37. The summed E-state index contributed by atoms with van der Waals surface area (Å²) < 4.78 is 0. The summed E-state index contributed by atoms with van der Waals surface area (Å²) in [7, 11) is 0. The Labute approximate surface area is 112 Å². The lowest BCUT2D eigenvalue weighted by Gasteiger charge is -2.22. The van der Waals surface area contributed by atoms with E-state index in [1.54, 1.807) is 0 Å². The minimum Gasteiger partial charge on any atom is -0.255 e. The van der Waals surface area contributed by atoms with Crippen LogP contribution in [-0.2, 0) is 5.41 Å². The van der Waals surface area contributed by atoms with Crippen LogP contribution in [0.15, 0.2) is 54.7 Å². The second-order valence-electron chi connectivity index (χ2n) is 5.74. The molecule has 0 saturated carbocycles. The van der Waals surface area contributed by atoms with Gasteiger partial charge in [0.25, 0.3) is 0 Å². The number of aromatic nitrogens is 1. The van der Waals surface area contributed by atoms with E-state index in [2.05, 4.69) is 62.4 Å². The van der Waals surface area contributed by atoms with Gasteiger partial charge in [-0.1, -0.05) is 62.4 Å². The van der Waals surface area contributed by atoms with Gasteiger partial charge in [0.2, 0.25) is 0 Å².